The molecule has 0 unspecified atom stereocenters. The minimum absolute atomic E-state index is 0.291. The van der Waals surface area contributed by atoms with Gasteiger partial charge in [0.1, 0.15) is 0 Å². The number of rotatable bonds is 10. The van der Waals surface area contributed by atoms with Crippen LogP contribution >= 0.6 is 0 Å². The summed E-state index contributed by atoms with van der Waals surface area (Å²) in [5.74, 6) is 0. The third-order valence-electron chi connectivity index (χ3n) is 1.67. The van der Waals surface area contributed by atoms with Crippen molar-refractivity contribution in [3.8, 4) is 0 Å². The van der Waals surface area contributed by atoms with Crippen molar-refractivity contribution in [3.05, 3.63) is 0 Å². The zero-order valence-electron chi connectivity index (χ0n) is 8.63. The maximum atomic E-state index is 8.51. The molecular weight excluding hydrogens is 168 g/mol. The van der Waals surface area contributed by atoms with Crippen LogP contribution in [0.1, 0.15) is 32.6 Å². The Morgan fingerprint density at radius 1 is 0.846 bits per heavy atom. The first kappa shape index (κ1) is 12.9. The third-order valence-corrected chi connectivity index (χ3v) is 1.67. The normalized spacial score (nSPS) is 10.6. The van der Waals surface area contributed by atoms with Crippen LogP contribution in [-0.4, -0.2) is 38.1 Å². The Morgan fingerprint density at radius 3 is 2.15 bits per heavy atom. The molecule has 3 nitrogen and oxygen atoms in total. The van der Waals surface area contributed by atoms with E-state index in [9.17, 15) is 0 Å². The first-order valence-corrected chi connectivity index (χ1v) is 5.18. The van der Waals surface area contributed by atoms with Crippen LogP contribution < -0.4 is 0 Å². The number of hydrogen-bond acceptors (Lipinski definition) is 3. The average molecular weight is 190 g/mol. The second kappa shape index (κ2) is 11.9. The maximum absolute atomic E-state index is 8.51. The van der Waals surface area contributed by atoms with Gasteiger partial charge in [-0.1, -0.05) is 6.92 Å². The summed E-state index contributed by atoms with van der Waals surface area (Å²) >= 11 is 0. The Labute approximate surface area is 81.0 Å². The fraction of sp³-hybridized carbons (Fsp3) is 1.00. The minimum atomic E-state index is 0.291. The van der Waals surface area contributed by atoms with E-state index in [0.717, 1.165) is 38.9 Å². The van der Waals surface area contributed by atoms with Gasteiger partial charge in [-0.2, -0.15) is 0 Å². The van der Waals surface area contributed by atoms with E-state index in [1.54, 1.807) is 0 Å². The summed E-state index contributed by atoms with van der Waals surface area (Å²) in [6.45, 7) is 5.39. The van der Waals surface area contributed by atoms with Crippen LogP contribution in [-0.2, 0) is 9.47 Å². The van der Waals surface area contributed by atoms with E-state index >= 15 is 0 Å². The maximum Gasteiger partial charge on any atom is 0.0700 e. The Balaban J connectivity index is 2.76. The summed E-state index contributed by atoms with van der Waals surface area (Å²) in [5.41, 5.74) is 0. The lowest BCUT2D eigenvalue weighted by Crippen LogP contribution is -2.05. The van der Waals surface area contributed by atoms with Gasteiger partial charge in [-0.05, 0) is 25.7 Å². The van der Waals surface area contributed by atoms with Gasteiger partial charge in [0.2, 0.25) is 0 Å². The zero-order valence-corrected chi connectivity index (χ0v) is 8.63. The Bertz CT molecular complexity index is 76.2. The molecule has 0 aromatic rings. The molecule has 0 saturated carbocycles. The molecule has 0 bridgehead atoms. The number of aliphatic hydroxyl groups is 1. The fourth-order valence-electron chi connectivity index (χ4n) is 0.959. The first-order valence-electron chi connectivity index (χ1n) is 5.18. The second-order valence-corrected chi connectivity index (χ2v) is 3.01. The molecule has 0 rings (SSSR count). The van der Waals surface area contributed by atoms with E-state index in [1.807, 2.05) is 0 Å². The Kier molecular flexibility index (Phi) is 11.8. The molecule has 80 valence electrons. The summed E-state index contributed by atoms with van der Waals surface area (Å²) in [6.07, 6.45) is 4.03. The molecule has 0 aromatic carbocycles. The predicted octanol–water partition coefficient (Wildman–Crippen LogP) is 1.59. The molecule has 0 aliphatic heterocycles. The highest BCUT2D eigenvalue weighted by Crippen LogP contribution is 1.94. The molecule has 0 spiro atoms. The predicted molar refractivity (Wildman–Crippen MR) is 52.9 cm³/mol. The van der Waals surface area contributed by atoms with Crippen molar-refractivity contribution in [2.24, 2.45) is 0 Å². The molecule has 0 heterocycles. The van der Waals surface area contributed by atoms with E-state index in [0.29, 0.717) is 19.8 Å². The monoisotopic (exact) mass is 190 g/mol. The molecule has 13 heavy (non-hydrogen) atoms. The van der Waals surface area contributed by atoms with Crippen LogP contribution in [0.15, 0.2) is 0 Å². The lowest BCUT2D eigenvalue weighted by Gasteiger charge is -2.04. The summed E-state index contributed by atoms with van der Waals surface area (Å²) in [5, 5.41) is 8.51. The highest BCUT2D eigenvalue weighted by atomic mass is 16.5. The van der Waals surface area contributed by atoms with E-state index in [1.165, 1.54) is 0 Å². The van der Waals surface area contributed by atoms with Crippen molar-refractivity contribution in [3.63, 3.8) is 0 Å². The zero-order chi connectivity index (χ0) is 9.78. The molecule has 0 amide bonds. The van der Waals surface area contributed by atoms with Gasteiger partial charge in [-0.3, -0.25) is 0 Å². The number of ether oxygens (including phenoxy) is 2. The van der Waals surface area contributed by atoms with Gasteiger partial charge in [0.05, 0.1) is 13.2 Å². The molecule has 0 saturated heterocycles. The van der Waals surface area contributed by atoms with Gasteiger partial charge in [0.25, 0.3) is 0 Å². The van der Waals surface area contributed by atoms with E-state index in [2.05, 4.69) is 6.92 Å². The summed E-state index contributed by atoms with van der Waals surface area (Å²) in [4.78, 5) is 0. The third kappa shape index (κ3) is 11.9. The largest absolute Gasteiger partial charge is 0.396 e. The molecule has 0 atom stereocenters. The first-order chi connectivity index (χ1) is 6.41. The van der Waals surface area contributed by atoms with Crippen LogP contribution in [0.2, 0.25) is 0 Å². The van der Waals surface area contributed by atoms with Gasteiger partial charge >= 0.3 is 0 Å². The molecular formula is C10H22O3. The molecule has 3 heteroatoms. The summed E-state index contributed by atoms with van der Waals surface area (Å²) in [7, 11) is 0. The minimum Gasteiger partial charge on any atom is -0.396 e. The molecule has 0 aliphatic rings. The fourth-order valence-corrected chi connectivity index (χ4v) is 0.959. The van der Waals surface area contributed by atoms with Crippen molar-refractivity contribution in [2.45, 2.75) is 32.6 Å². The quantitative estimate of drug-likeness (QED) is 0.532. The standard InChI is InChI=1S/C10H22O3/c1-2-7-12-9-10-13-8-5-3-4-6-11/h11H,2-10H2,1H3. The van der Waals surface area contributed by atoms with Crippen LogP contribution in [0, 0.1) is 0 Å². The molecule has 0 radical (unpaired) electrons. The van der Waals surface area contributed by atoms with E-state index < -0.39 is 0 Å². The summed E-state index contributed by atoms with van der Waals surface area (Å²) in [6, 6.07) is 0. The van der Waals surface area contributed by atoms with Crippen LogP contribution in [0.25, 0.3) is 0 Å². The molecule has 0 fully saturated rings. The van der Waals surface area contributed by atoms with Gasteiger partial charge in [-0.15, -0.1) is 0 Å². The van der Waals surface area contributed by atoms with Crippen LogP contribution in [0.3, 0.4) is 0 Å². The lowest BCUT2D eigenvalue weighted by atomic mass is 10.2. The van der Waals surface area contributed by atoms with Gasteiger partial charge in [0, 0.05) is 19.8 Å². The average Bonchev–Trinajstić information content (AvgIpc) is 2.16. The number of hydrogen-bond donors (Lipinski definition) is 1. The van der Waals surface area contributed by atoms with Crippen molar-refractivity contribution in [1.29, 1.82) is 0 Å². The number of unbranched alkanes of at least 4 members (excludes halogenated alkanes) is 2. The van der Waals surface area contributed by atoms with Crippen molar-refractivity contribution in [2.75, 3.05) is 33.0 Å². The van der Waals surface area contributed by atoms with Crippen LogP contribution in [0.4, 0.5) is 0 Å². The highest BCUT2D eigenvalue weighted by Gasteiger charge is 1.90. The second-order valence-electron chi connectivity index (χ2n) is 3.01. The smallest absolute Gasteiger partial charge is 0.0700 e. The SMILES string of the molecule is CCCOCCOCCCCCO. The topological polar surface area (TPSA) is 38.7 Å². The van der Waals surface area contributed by atoms with Gasteiger partial charge in [0.15, 0.2) is 0 Å². The number of aliphatic hydroxyl groups excluding tert-OH is 1. The molecule has 0 aliphatic carbocycles. The van der Waals surface area contributed by atoms with Crippen LogP contribution in [0.5, 0.6) is 0 Å². The van der Waals surface area contributed by atoms with E-state index in [-0.39, 0.29) is 0 Å². The lowest BCUT2D eigenvalue weighted by molar-refractivity contribution is 0.0462. The van der Waals surface area contributed by atoms with Crippen molar-refractivity contribution < 1.29 is 14.6 Å². The van der Waals surface area contributed by atoms with Gasteiger partial charge in [-0.25, -0.2) is 0 Å². The Morgan fingerprint density at radius 2 is 1.54 bits per heavy atom. The molecule has 0 aromatic heterocycles. The highest BCUT2D eigenvalue weighted by molar-refractivity contribution is 4.39. The summed E-state index contributed by atoms with van der Waals surface area (Å²) < 4.78 is 10.6. The molecule has 1 N–H and O–H groups in total. The van der Waals surface area contributed by atoms with Crippen molar-refractivity contribution in [1.82, 2.24) is 0 Å². The van der Waals surface area contributed by atoms with E-state index in [4.69, 9.17) is 14.6 Å². The van der Waals surface area contributed by atoms with Crippen molar-refractivity contribution >= 4 is 0 Å². The van der Waals surface area contributed by atoms with Gasteiger partial charge < -0.3 is 14.6 Å². The Hall–Kier alpha value is -0.120.